The van der Waals surface area contributed by atoms with Crippen molar-refractivity contribution in [1.82, 2.24) is 14.8 Å². The molecule has 0 atom stereocenters. The zero-order valence-electron chi connectivity index (χ0n) is 9.16. The first-order valence-electron chi connectivity index (χ1n) is 4.97. The summed E-state index contributed by atoms with van der Waals surface area (Å²) in [5, 5.41) is 7.89. The van der Waals surface area contributed by atoms with Crippen molar-refractivity contribution in [2.75, 3.05) is 13.2 Å². The number of rotatable bonds is 6. The Morgan fingerprint density at radius 2 is 2.06 bits per heavy atom. The van der Waals surface area contributed by atoms with Crippen LogP contribution in [0.25, 0.3) is 0 Å². The zero-order chi connectivity index (χ0) is 12.1. The standard InChI is InChI=1S/C9H14ClF2N3O/c1-6(2)8-13-14-9(10)15(8)3-4-16-5-7(11)12/h6-7H,3-5H2,1-2H3. The van der Waals surface area contributed by atoms with Crippen LogP contribution in [0, 0.1) is 0 Å². The summed E-state index contributed by atoms with van der Waals surface area (Å²) in [6, 6.07) is 0. The van der Waals surface area contributed by atoms with E-state index in [1.165, 1.54) is 0 Å². The lowest BCUT2D eigenvalue weighted by Gasteiger charge is -2.10. The monoisotopic (exact) mass is 253 g/mol. The molecule has 0 aliphatic rings. The molecular formula is C9H14ClF2N3O. The van der Waals surface area contributed by atoms with E-state index in [1.807, 2.05) is 13.8 Å². The Kier molecular flexibility index (Phi) is 5.08. The van der Waals surface area contributed by atoms with Gasteiger partial charge in [-0.1, -0.05) is 13.8 Å². The minimum absolute atomic E-state index is 0.168. The number of ether oxygens (including phenoxy) is 1. The minimum atomic E-state index is -2.44. The molecule has 0 aliphatic carbocycles. The molecule has 1 aromatic rings. The van der Waals surface area contributed by atoms with Gasteiger partial charge >= 0.3 is 0 Å². The summed E-state index contributed by atoms with van der Waals surface area (Å²) < 4.78 is 30.0. The van der Waals surface area contributed by atoms with Crippen LogP contribution < -0.4 is 0 Å². The Labute approximate surface area is 97.6 Å². The summed E-state index contributed by atoms with van der Waals surface area (Å²) >= 11 is 5.82. The van der Waals surface area contributed by atoms with Crippen LogP contribution in [-0.2, 0) is 11.3 Å². The number of hydrogen-bond acceptors (Lipinski definition) is 3. The first-order valence-corrected chi connectivity index (χ1v) is 5.34. The van der Waals surface area contributed by atoms with Crippen molar-refractivity contribution >= 4 is 11.6 Å². The summed E-state index contributed by atoms with van der Waals surface area (Å²) in [5.74, 6) is 0.903. The van der Waals surface area contributed by atoms with Crippen molar-refractivity contribution in [1.29, 1.82) is 0 Å². The topological polar surface area (TPSA) is 39.9 Å². The molecule has 0 aromatic carbocycles. The van der Waals surface area contributed by atoms with E-state index in [0.29, 0.717) is 6.54 Å². The number of alkyl halides is 2. The highest BCUT2D eigenvalue weighted by Crippen LogP contribution is 2.16. The summed E-state index contributed by atoms with van der Waals surface area (Å²) in [4.78, 5) is 0. The van der Waals surface area contributed by atoms with Gasteiger partial charge in [-0.3, -0.25) is 4.57 Å². The molecule has 0 saturated carbocycles. The Morgan fingerprint density at radius 1 is 1.38 bits per heavy atom. The van der Waals surface area contributed by atoms with Gasteiger partial charge in [-0.25, -0.2) is 8.78 Å². The number of halogens is 3. The molecule has 0 saturated heterocycles. The quantitative estimate of drug-likeness (QED) is 0.731. The highest BCUT2D eigenvalue weighted by Gasteiger charge is 2.13. The molecular weight excluding hydrogens is 240 g/mol. The first-order chi connectivity index (χ1) is 7.52. The Balaban J connectivity index is 2.49. The molecule has 92 valence electrons. The predicted octanol–water partition coefficient (Wildman–Crippen LogP) is 2.34. The molecule has 1 heterocycles. The van der Waals surface area contributed by atoms with Gasteiger partial charge in [0.25, 0.3) is 6.43 Å². The van der Waals surface area contributed by atoms with Crippen molar-refractivity contribution in [2.24, 2.45) is 0 Å². The lowest BCUT2D eigenvalue weighted by molar-refractivity contribution is 0.0145. The fourth-order valence-corrected chi connectivity index (χ4v) is 1.47. The number of nitrogens with zero attached hydrogens (tertiary/aromatic N) is 3. The smallest absolute Gasteiger partial charge is 0.261 e. The van der Waals surface area contributed by atoms with Crippen LogP contribution in [0.5, 0.6) is 0 Å². The second kappa shape index (κ2) is 6.10. The van der Waals surface area contributed by atoms with Gasteiger partial charge in [0, 0.05) is 5.92 Å². The van der Waals surface area contributed by atoms with E-state index in [-0.39, 0.29) is 17.8 Å². The Bertz CT molecular complexity index is 331. The van der Waals surface area contributed by atoms with Crippen LogP contribution in [0.1, 0.15) is 25.6 Å². The normalized spacial score (nSPS) is 11.7. The molecule has 4 nitrogen and oxygen atoms in total. The molecule has 0 fully saturated rings. The average Bonchev–Trinajstić information content (AvgIpc) is 2.54. The Hall–Kier alpha value is -0.750. The van der Waals surface area contributed by atoms with Crippen LogP contribution in [0.4, 0.5) is 8.78 Å². The summed E-state index contributed by atoms with van der Waals surface area (Å²) in [6.07, 6.45) is -2.44. The molecule has 0 unspecified atom stereocenters. The van der Waals surface area contributed by atoms with Crippen molar-refractivity contribution in [3.63, 3.8) is 0 Å². The zero-order valence-corrected chi connectivity index (χ0v) is 9.92. The van der Waals surface area contributed by atoms with E-state index in [1.54, 1.807) is 4.57 Å². The summed E-state index contributed by atoms with van der Waals surface area (Å²) in [6.45, 7) is 3.90. The van der Waals surface area contributed by atoms with Gasteiger partial charge in [0.15, 0.2) is 0 Å². The van der Waals surface area contributed by atoms with Gasteiger partial charge in [0.1, 0.15) is 12.4 Å². The largest absolute Gasteiger partial charge is 0.374 e. The van der Waals surface area contributed by atoms with E-state index in [0.717, 1.165) is 5.82 Å². The lowest BCUT2D eigenvalue weighted by atomic mass is 10.2. The maximum Gasteiger partial charge on any atom is 0.261 e. The SMILES string of the molecule is CC(C)c1nnc(Cl)n1CCOCC(F)F. The molecule has 0 bridgehead atoms. The van der Waals surface area contributed by atoms with Crippen LogP contribution >= 0.6 is 11.6 Å². The molecule has 0 amide bonds. The Morgan fingerprint density at radius 3 is 2.62 bits per heavy atom. The molecule has 1 aromatic heterocycles. The molecule has 1 rings (SSSR count). The minimum Gasteiger partial charge on any atom is -0.374 e. The molecule has 16 heavy (non-hydrogen) atoms. The predicted molar refractivity (Wildman–Crippen MR) is 55.9 cm³/mol. The first kappa shape index (κ1) is 13.3. The van der Waals surface area contributed by atoms with Crippen LogP contribution in [0.3, 0.4) is 0 Å². The van der Waals surface area contributed by atoms with Crippen molar-refractivity contribution in [3.8, 4) is 0 Å². The van der Waals surface area contributed by atoms with Gasteiger partial charge < -0.3 is 4.74 Å². The fourth-order valence-electron chi connectivity index (χ4n) is 1.26. The maximum absolute atomic E-state index is 11.8. The number of aromatic nitrogens is 3. The van der Waals surface area contributed by atoms with Gasteiger partial charge in [-0.15, -0.1) is 10.2 Å². The summed E-state index contributed by atoms with van der Waals surface area (Å²) in [7, 11) is 0. The lowest BCUT2D eigenvalue weighted by Crippen LogP contribution is -2.13. The average molecular weight is 254 g/mol. The molecule has 7 heteroatoms. The van der Waals surface area contributed by atoms with Crippen molar-refractivity contribution < 1.29 is 13.5 Å². The van der Waals surface area contributed by atoms with Gasteiger partial charge in [-0.05, 0) is 11.6 Å². The molecule has 0 spiro atoms. The van der Waals surface area contributed by atoms with Gasteiger partial charge in [0.2, 0.25) is 5.28 Å². The molecule has 0 radical (unpaired) electrons. The van der Waals surface area contributed by atoms with E-state index >= 15 is 0 Å². The third-order valence-corrected chi connectivity index (χ3v) is 2.23. The molecule has 0 aliphatic heterocycles. The van der Waals surface area contributed by atoms with Gasteiger partial charge in [0.05, 0.1) is 13.2 Å². The van der Waals surface area contributed by atoms with Gasteiger partial charge in [-0.2, -0.15) is 0 Å². The van der Waals surface area contributed by atoms with Crippen molar-refractivity contribution in [3.05, 3.63) is 11.1 Å². The van der Waals surface area contributed by atoms with Crippen LogP contribution in [0.2, 0.25) is 5.28 Å². The third kappa shape index (κ3) is 3.68. The molecule has 0 N–H and O–H groups in total. The highest BCUT2D eigenvalue weighted by atomic mass is 35.5. The van der Waals surface area contributed by atoms with E-state index in [2.05, 4.69) is 10.2 Å². The highest BCUT2D eigenvalue weighted by molar-refractivity contribution is 6.28. The van der Waals surface area contributed by atoms with Crippen LogP contribution in [-0.4, -0.2) is 34.4 Å². The second-order valence-corrected chi connectivity index (χ2v) is 3.94. The number of hydrogen-bond donors (Lipinski definition) is 0. The third-order valence-electron chi connectivity index (χ3n) is 1.95. The fraction of sp³-hybridized carbons (Fsp3) is 0.778. The second-order valence-electron chi connectivity index (χ2n) is 3.60. The van der Waals surface area contributed by atoms with Crippen LogP contribution in [0.15, 0.2) is 0 Å². The van der Waals surface area contributed by atoms with Crippen molar-refractivity contribution in [2.45, 2.75) is 32.7 Å². The van der Waals surface area contributed by atoms with E-state index in [4.69, 9.17) is 16.3 Å². The van der Waals surface area contributed by atoms with E-state index in [9.17, 15) is 8.78 Å². The summed E-state index contributed by atoms with van der Waals surface area (Å²) in [5.41, 5.74) is 0. The van der Waals surface area contributed by atoms with E-state index < -0.39 is 13.0 Å². The maximum atomic E-state index is 11.8.